The van der Waals surface area contributed by atoms with Gasteiger partial charge in [0.2, 0.25) is 10.0 Å². The van der Waals surface area contributed by atoms with Gasteiger partial charge in [0.05, 0.1) is 10.5 Å². The molecular formula is C19H16F2N4O4S. The van der Waals surface area contributed by atoms with Crippen LogP contribution in [0.3, 0.4) is 0 Å². The first-order valence-corrected chi connectivity index (χ1v) is 10.5. The second-order valence-electron chi connectivity index (χ2n) is 6.63. The number of nitrogens with one attached hydrogen (secondary N) is 1. The van der Waals surface area contributed by atoms with Crippen LogP contribution < -0.4 is 5.32 Å². The number of rotatable bonds is 5. The first-order valence-electron chi connectivity index (χ1n) is 9.05. The van der Waals surface area contributed by atoms with E-state index in [0.29, 0.717) is 19.2 Å². The monoisotopic (exact) mass is 434 g/mol. The molecule has 0 radical (unpaired) electrons. The predicted molar refractivity (Wildman–Crippen MR) is 102 cm³/mol. The minimum atomic E-state index is -3.58. The standard InChI is InChI=1S/C19H16F2N4O4S/c20-13-5-8-15(16(21)11-13)18-23-24-19(29-18)22-17(26)12-3-6-14(7-4-12)30(27,28)25-9-1-2-10-25/h3-8,11H,1-2,9-10H2,(H,22,24,26). The molecule has 1 amide bonds. The van der Waals surface area contributed by atoms with E-state index in [1.54, 1.807) is 0 Å². The quantitative estimate of drug-likeness (QED) is 0.662. The minimum Gasteiger partial charge on any atom is -0.403 e. The summed E-state index contributed by atoms with van der Waals surface area (Å²) in [5.41, 5.74) is 0.0592. The largest absolute Gasteiger partial charge is 0.403 e. The summed E-state index contributed by atoms with van der Waals surface area (Å²) in [6, 6.07) is 8.03. The molecule has 1 fully saturated rings. The SMILES string of the molecule is O=C(Nc1nnc(-c2ccc(F)cc2F)o1)c1ccc(S(=O)(=O)N2CCCC2)cc1. The van der Waals surface area contributed by atoms with Crippen molar-refractivity contribution >= 4 is 21.9 Å². The number of hydrogen-bond acceptors (Lipinski definition) is 6. The molecule has 1 aliphatic rings. The number of nitrogens with zero attached hydrogens (tertiary/aromatic N) is 3. The van der Waals surface area contributed by atoms with Gasteiger partial charge in [-0.25, -0.2) is 17.2 Å². The van der Waals surface area contributed by atoms with Crippen molar-refractivity contribution in [3.8, 4) is 11.5 Å². The van der Waals surface area contributed by atoms with Gasteiger partial charge in [0.15, 0.2) is 0 Å². The second-order valence-corrected chi connectivity index (χ2v) is 8.56. The van der Waals surface area contributed by atoms with Gasteiger partial charge in [0.1, 0.15) is 11.6 Å². The highest BCUT2D eigenvalue weighted by Gasteiger charge is 2.27. The normalized spacial score (nSPS) is 14.7. The van der Waals surface area contributed by atoms with Crippen LogP contribution in [-0.4, -0.2) is 41.9 Å². The molecule has 0 atom stereocenters. The summed E-state index contributed by atoms with van der Waals surface area (Å²) < 4.78 is 58.5. The molecule has 8 nitrogen and oxygen atoms in total. The molecule has 1 saturated heterocycles. The Morgan fingerprint density at radius 1 is 1.03 bits per heavy atom. The molecule has 0 aliphatic carbocycles. The van der Waals surface area contributed by atoms with Gasteiger partial charge in [-0.05, 0) is 49.2 Å². The maximum absolute atomic E-state index is 13.8. The fraction of sp³-hybridized carbons (Fsp3) is 0.211. The van der Waals surface area contributed by atoms with Gasteiger partial charge < -0.3 is 4.42 Å². The van der Waals surface area contributed by atoms with E-state index in [1.165, 1.54) is 28.6 Å². The van der Waals surface area contributed by atoms with Gasteiger partial charge >= 0.3 is 6.01 Å². The van der Waals surface area contributed by atoms with E-state index in [-0.39, 0.29) is 27.9 Å². The molecule has 11 heteroatoms. The lowest BCUT2D eigenvalue weighted by molar-refractivity contribution is 0.102. The van der Waals surface area contributed by atoms with Crippen LogP contribution in [0.5, 0.6) is 0 Å². The molecule has 0 bridgehead atoms. The van der Waals surface area contributed by atoms with Crippen LogP contribution >= 0.6 is 0 Å². The molecule has 30 heavy (non-hydrogen) atoms. The van der Waals surface area contributed by atoms with Crippen LogP contribution in [0.4, 0.5) is 14.8 Å². The summed E-state index contributed by atoms with van der Waals surface area (Å²) in [7, 11) is -3.58. The molecule has 1 N–H and O–H groups in total. The Morgan fingerprint density at radius 2 is 1.73 bits per heavy atom. The Balaban J connectivity index is 1.47. The third-order valence-electron chi connectivity index (χ3n) is 4.63. The second kappa shape index (κ2) is 7.92. The number of halogens is 2. The minimum absolute atomic E-state index is 0.104. The average Bonchev–Trinajstić information content (AvgIpc) is 3.41. The molecule has 0 saturated carbocycles. The molecule has 0 spiro atoms. The van der Waals surface area contributed by atoms with E-state index in [4.69, 9.17) is 4.42 Å². The average molecular weight is 434 g/mol. The van der Waals surface area contributed by atoms with Crippen LogP contribution in [0.25, 0.3) is 11.5 Å². The van der Waals surface area contributed by atoms with Crippen molar-refractivity contribution in [3.05, 3.63) is 59.7 Å². The maximum atomic E-state index is 13.8. The van der Waals surface area contributed by atoms with Crippen molar-refractivity contribution in [1.29, 1.82) is 0 Å². The zero-order valence-electron chi connectivity index (χ0n) is 15.5. The topological polar surface area (TPSA) is 105 Å². The third-order valence-corrected chi connectivity index (χ3v) is 6.54. The van der Waals surface area contributed by atoms with Crippen LogP contribution in [0.1, 0.15) is 23.2 Å². The van der Waals surface area contributed by atoms with Gasteiger partial charge in [-0.15, -0.1) is 5.10 Å². The van der Waals surface area contributed by atoms with Crippen LogP contribution in [-0.2, 0) is 10.0 Å². The smallest absolute Gasteiger partial charge is 0.322 e. The van der Waals surface area contributed by atoms with E-state index in [0.717, 1.165) is 25.0 Å². The zero-order valence-corrected chi connectivity index (χ0v) is 16.3. The molecule has 0 unspecified atom stereocenters. The van der Waals surface area contributed by atoms with E-state index >= 15 is 0 Å². The first kappa shape index (κ1) is 20.1. The van der Waals surface area contributed by atoms with E-state index < -0.39 is 27.6 Å². The van der Waals surface area contributed by atoms with Gasteiger partial charge in [-0.1, -0.05) is 5.10 Å². The molecule has 1 aliphatic heterocycles. The summed E-state index contributed by atoms with van der Waals surface area (Å²) in [5.74, 6) is -2.48. The number of hydrogen-bond donors (Lipinski definition) is 1. The highest BCUT2D eigenvalue weighted by molar-refractivity contribution is 7.89. The van der Waals surface area contributed by atoms with Crippen molar-refractivity contribution in [2.75, 3.05) is 18.4 Å². The summed E-state index contributed by atoms with van der Waals surface area (Å²) in [6.45, 7) is 0.970. The van der Waals surface area contributed by atoms with Crippen molar-refractivity contribution in [2.45, 2.75) is 17.7 Å². The van der Waals surface area contributed by atoms with Gasteiger partial charge in [0, 0.05) is 24.7 Å². The van der Waals surface area contributed by atoms with Crippen molar-refractivity contribution in [3.63, 3.8) is 0 Å². The highest BCUT2D eigenvalue weighted by atomic mass is 32.2. The Morgan fingerprint density at radius 3 is 2.40 bits per heavy atom. The first-order chi connectivity index (χ1) is 14.3. The predicted octanol–water partition coefficient (Wildman–Crippen LogP) is 3.05. The third kappa shape index (κ3) is 3.94. The summed E-state index contributed by atoms with van der Waals surface area (Å²) >= 11 is 0. The maximum Gasteiger partial charge on any atom is 0.322 e. The molecular weight excluding hydrogens is 418 g/mol. The van der Waals surface area contributed by atoms with Crippen LogP contribution in [0.15, 0.2) is 51.8 Å². The summed E-state index contributed by atoms with van der Waals surface area (Å²) in [5, 5.41) is 9.61. The number of aromatic nitrogens is 2. The number of carbonyl (C=O) groups is 1. The number of amides is 1. The zero-order chi connectivity index (χ0) is 21.3. The number of anilines is 1. The lowest BCUT2D eigenvalue weighted by atomic mass is 10.2. The van der Waals surface area contributed by atoms with E-state index in [9.17, 15) is 22.0 Å². The number of benzene rings is 2. The Hall–Kier alpha value is -3.18. The molecule has 4 rings (SSSR count). The van der Waals surface area contributed by atoms with Gasteiger partial charge in [0.25, 0.3) is 11.8 Å². The Bertz CT molecular complexity index is 1190. The lowest BCUT2D eigenvalue weighted by Crippen LogP contribution is -2.27. The molecule has 1 aromatic heterocycles. The number of sulfonamides is 1. The fourth-order valence-corrected chi connectivity index (χ4v) is 4.59. The molecule has 2 aromatic carbocycles. The number of carbonyl (C=O) groups excluding carboxylic acids is 1. The summed E-state index contributed by atoms with van der Waals surface area (Å²) in [6.07, 6.45) is 1.65. The van der Waals surface area contributed by atoms with Gasteiger partial charge in [-0.3, -0.25) is 10.1 Å². The van der Waals surface area contributed by atoms with Crippen molar-refractivity contribution in [1.82, 2.24) is 14.5 Å². The van der Waals surface area contributed by atoms with Crippen molar-refractivity contribution < 1.29 is 26.4 Å². The van der Waals surface area contributed by atoms with Crippen LogP contribution in [0, 0.1) is 11.6 Å². The fourth-order valence-electron chi connectivity index (χ4n) is 3.07. The Labute approximate surface area is 170 Å². The van der Waals surface area contributed by atoms with E-state index in [2.05, 4.69) is 15.5 Å². The molecule has 156 valence electrons. The molecule has 2 heterocycles. The Kier molecular flexibility index (Phi) is 5.31. The van der Waals surface area contributed by atoms with Gasteiger partial charge in [-0.2, -0.15) is 4.31 Å². The van der Waals surface area contributed by atoms with Crippen molar-refractivity contribution in [2.24, 2.45) is 0 Å². The van der Waals surface area contributed by atoms with Crippen LogP contribution in [0.2, 0.25) is 0 Å². The summed E-state index contributed by atoms with van der Waals surface area (Å²) in [4.78, 5) is 12.5. The molecule has 3 aromatic rings. The lowest BCUT2D eigenvalue weighted by Gasteiger charge is -2.15. The highest BCUT2D eigenvalue weighted by Crippen LogP contribution is 2.24. The van der Waals surface area contributed by atoms with E-state index in [1.807, 2.05) is 0 Å².